The van der Waals surface area contributed by atoms with E-state index in [4.69, 9.17) is 0 Å². The predicted octanol–water partition coefficient (Wildman–Crippen LogP) is 1.77. The van der Waals surface area contributed by atoms with Gasteiger partial charge in [-0.1, -0.05) is 19.1 Å². The molecule has 1 aliphatic heterocycles. The minimum Gasteiger partial charge on any atom is -0.338 e. The maximum Gasteiger partial charge on any atom is 0.226 e. The fraction of sp³-hybridized carbons (Fsp3) is 0.786. The summed E-state index contributed by atoms with van der Waals surface area (Å²) in [7, 11) is -2.93. The molecule has 1 saturated heterocycles. The van der Waals surface area contributed by atoms with E-state index in [1.165, 1.54) is 0 Å². The van der Waals surface area contributed by atoms with Crippen LogP contribution in [-0.2, 0) is 14.6 Å². The zero-order valence-electron chi connectivity index (χ0n) is 11.5. The highest BCUT2D eigenvalue weighted by atomic mass is 32.2. The van der Waals surface area contributed by atoms with Crippen molar-refractivity contribution in [3.63, 3.8) is 0 Å². The van der Waals surface area contributed by atoms with Crippen LogP contribution >= 0.6 is 0 Å². The summed E-state index contributed by atoms with van der Waals surface area (Å²) in [5.74, 6) is 0.602. The van der Waals surface area contributed by atoms with Crippen LogP contribution in [-0.4, -0.2) is 43.3 Å². The molecule has 19 heavy (non-hydrogen) atoms. The quantitative estimate of drug-likeness (QED) is 0.740. The molecule has 0 aromatic heterocycles. The lowest BCUT2D eigenvalue weighted by Gasteiger charge is -2.32. The molecule has 1 heterocycles. The number of nitrogens with zero attached hydrogens (tertiary/aromatic N) is 1. The SMILES string of the molecule is CCCN(C(=O)[C@H]1CC=CCC1)[C@H]1CCS(=O)(=O)C1. The zero-order chi connectivity index (χ0) is 13.9. The molecule has 0 aromatic carbocycles. The summed E-state index contributed by atoms with van der Waals surface area (Å²) in [6.07, 6.45) is 8.34. The monoisotopic (exact) mass is 285 g/mol. The number of rotatable bonds is 4. The van der Waals surface area contributed by atoms with E-state index < -0.39 is 9.84 Å². The second-order valence-electron chi connectivity index (χ2n) is 5.57. The van der Waals surface area contributed by atoms with Crippen LogP contribution in [0.25, 0.3) is 0 Å². The summed E-state index contributed by atoms with van der Waals surface area (Å²) >= 11 is 0. The normalized spacial score (nSPS) is 29.3. The van der Waals surface area contributed by atoms with Crippen molar-refractivity contribution in [2.45, 2.75) is 45.1 Å². The summed E-state index contributed by atoms with van der Waals surface area (Å²) in [5.41, 5.74) is 0. The van der Waals surface area contributed by atoms with Gasteiger partial charge >= 0.3 is 0 Å². The summed E-state index contributed by atoms with van der Waals surface area (Å²) in [5, 5.41) is 0. The molecule has 0 spiro atoms. The number of amides is 1. The van der Waals surface area contributed by atoms with Crippen LogP contribution in [0.15, 0.2) is 12.2 Å². The molecule has 2 atom stereocenters. The second-order valence-corrected chi connectivity index (χ2v) is 7.80. The number of hydrogen-bond acceptors (Lipinski definition) is 3. The predicted molar refractivity (Wildman–Crippen MR) is 75.5 cm³/mol. The van der Waals surface area contributed by atoms with E-state index in [2.05, 4.69) is 12.2 Å². The molecule has 1 amide bonds. The largest absolute Gasteiger partial charge is 0.338 e. The van der Waals surface area contributed by atoms with Crippen molar-refractivity contribution in [2.75, 3.05) is 18.1 Å². The summed E-state index contributed by atoms with van der Waals surface area (Å²) in [6, 6.07) is -0.0941. The Bertz CT molecular complexity index is 455. The molecule has 0 unspecified atom stereocenters. The van der Waals surface area contributed by atoms with E-state index in [1.54, 1.807) is 0 Å². The van der Waals surface area contributed by atoms with Crippen molar-refractivity contribution in [3.05, 3.63) is 12.2 Å². The Hall–Kier alpha value is -0.840. The fourth-order valence-corrected chi connectivity index (χ4v) is 4.72. The Kier molecular flexibility index (Phi) is 4.66. The van der Waals surface area contributed by atoms with Gasteiger partial charge in [0.2, 0.25) is 5.91 Å². The third-order valence-corrected chi connectivity index (χ3v) is 5.77. The van der Waals surface area contributed by atoms with Crippen LogP contribution in [0.1, 0.15) is 39.0 Å². The van der Waals surface area contributed by atoms with Crippen molar-refractivity contribution < 1.29 is 13.2 Å². The average Bonchev–Trinajstić information content (AvgIpc) is 2.76. The third kappa shape index (κ3) is 3.59. The zero-order valence-corrected chi connectivity index (χ0v) is 12.4. The Morgan fingerprint density at radius 2 is 2.11 bits per heavy atom. The Morgan fingerprint density at radius 1 is 1.32 bits per heavy atom. The van der Waals surface area contributed by atoms with Crippen molar-refractivity contribution in [3.8, 4) is 0 Å². The number of allylic oxidation sites excluding steroid dienone is 2. The highest BCUT2D eigenvalue weighted by Gasteiger charge is 2.36. The molecule has 1 aliphatic carbocycles. The molecular weight excluding hydrogens is 262 g/mol. The first kappa shape index (κ1) is 14.6. The maximum atomic E-state index is 12.6. The number of hydrogen-bond donors (Lipinski definition) is 0. The van der Waals surface area contributed by atoms with Gasteiger partial charge in [0, 0.05) is 18.5 Å². The Morgan fingerprint density at radius 3 is 2.63 bits per heavy atom. The third-order valence-electron chi connectivity index (χ3n) is 4.02. The van der Waals surface area contributed by atoms with Gasteiger partial charge in [-0.15, -0.1) is 0 Å². The van der Waals surface area contributed by atoms with Crippen LogP contribution in [0.4, 0.5) is 0 Å². The molecule has 5 heteroatoms. The van der Waals surface area contributed by atoms with Crippen molar-refractivity contribution in [1.29, 1.82) is 0 Å². The van der Waals surface area contributed by atoms with Gasteiger partial charge in [0.15, 0.2) is 9.84 Å². The molecule has 108 valence electrons. The Balaban J connectivity index is 2.07. The summed E-state index contributed by atoms with van der Waals surface area (Å²) in [4.78, 5) is 14.4. The number of carbonyl (C=O) groups is 1. The molecule has 0 N–H and O–H groups in total. The van der Waals surface area contributed by atoms with Crippen LogP contribution in [0, 0.1) is 5.92 Å². The lowest BCUT2D eigenvalue weighted by molar-refractivity contribution is -0.137. The Labute approximate surface area is 115 Å². The molecule has 4 nitrogen and oxygen atoms in total. The van der Waals surface area contributed by atoms with Gasteiger partial charge in [0.25, 0.3) is 0 Å². The summed E-state index contributed by atoms with van der Waals surface area (Å²) in [6.45, 7) is 2.71. The van der Waals surface area contributed by atoms with Gasteiger partial charge in [0.05, 0.1) is 11.5 Å². The van der Waals surface area contributed by atoms with Crippen molar-refractivity contribution >= 4 is 15.7 Å². The molecule has 2 rings (SSSR count). The second kappa shape index (κ2) is 6.07. The summed E-state index contributed by atoms with van der Waals surface area (Å²) < 4.78 is 23.2. The first-order valence-corrected chi connectivity index (χ1v) is 9.01. The topological polar surface area (TPSA) is 54.5 Å². The minimum atomic E-state index is -2.93. The van der Waals surface area contributed by atoms with Crippen molar-refractivity contribution in [1.82, 2.24) is 4.90 Å². The molecule has 0 aromatic rings. The highest BCUT2D eigenvalue weighted by Crippen LogP contribution is 2.25. The van der Waals surface area contributed by atoms with Crippen LogP contribution in [0.5, 0.6) is 0 Å². The number of sulfone groups is 1. The van der Waals surface area contributed by atoms with Crippen LogP contribution in [0.2, 0.25) is 0 Å². The van der Waals surface area contributed by atoms with Gasteiger partial charge in [-0.05, 0) is 32.1 Å². The van der Waals surface area contributed by atoms with Gasteiger partial charge in [-0.2, -0.15) is 0 Å². The maximum absolute atomic E-state index is 12.6. The van der Waals surface area contributed by atoms with E-state index in [1.807, 2.05) is 11.8 Å². The van der Waals surface area contributed by atoms with Gasteiger partial charge < -0.3 is 4.90 Å². The molecule has 2 aliphatic rings. The van der Waals surface area contributed by atoms with Gasteiger partial charge in [-0.3, -0.25) is 4.79 Å². The van der Waals surface area contributed by atoms with E-state index in [9.17, 15) is 13.2 Å². The highest BCUT2D eigenvalue weighted by molar-refractivity contribution is 7.91. The first-order valence-electron chi connectivity index (χ1n) is 7.19. The molecule has 0 radical (unpaired) electrons. The fourth-order valence-electron chi connectivity index (χ4n) is 2.99. The molecule has 0 saturated carbocycles. The minimum absolute atomic E-state index is 0.0554. The smallest absolute Gasteiger partial charge is 0.226 e. The van der Waals surface area contributed by atoms with Gasteiger partial charge in [0.1, 0.15) is 0 Å². The van der Waals surface area contributed by atoms with E-state index >= 15 is 0 Å². The lowest BCUT2D eigenvalue weighted by Crippen LogP contribution is -2.44. The van der Waals surface area contributed by atoms with E-state index in [0.29, 0.717) is 13.0 Å². The van der Waals surface area contributed by atoms with Crippen LogP contribution in [0.3, 0.4) is 0 Å². The van der Waals surface area contributed by atoms with E-state index in [0.717, 1.165) is 25.7 Å². The van der Waals surface area contributed by atoms with Gasteiger partial charge in [-0.25, -0.2) is 8.42 Å². The molecular formula is C14H23NO3S. The van der Waals surface area contributed by atoms with Crippen LogP contribution < -0.4 is 0 Å². The molecule has 1 fully saturated rings. The first-order chi connectivity index (χ1) is 9.03. The van der Waals surface area contributed by atoms with Crippen molar-refractivity contribution in [2.24, 2.45) is 5.92 Å². The standard InChI is InChI=1S/C14H23NO3S/c1-2-9-15(13-8-10-19(17,18)11-13)14(16)12-6-4-3-5-7-12/h3-4,12-13H,2,5-11H2,1H3/t12-,13-/m0/s1. The molecule has 0 bridgehead atoms. The lowest BCUT2D eigenvalue weighted by atomic mass is 9.92. The van der Waals surface area contributed by atoms with E-state index in [-0.39, 0.29) is 29.4 Å². The number of carbonyl (C=O) groups excluding carboxylic acids is 1. The average molecular weight is 285 g/mol.